The maximum Gasteiger partial charge on any atom is 0.273 e. The van der Waals surface area contributed by atoms with Crippen LogP contribution in [0.15, 0.2) is 18.3 Å². The molecule has 1 atom stereocenters. The number of likely N-dealkylation sites (tertiary alicyclic amines) is 1. The summed E-state index contributed by atoms with van der Waals surface area (Å²) in [4.78, 5) is 44.0. The molecule has 1 aromatic rings. The Morgan fingerprint density at radius 2 is 2.14 bits per heavy atom. The molecule has 3 heterocycles. The minimum absolute atomic E-state index is 0.128. The molecule has 6 nitrogen and oxygen atoms in total. The van der Waals surface area contributed by atoms with E-state index in [-0.39, 0.29) is 17.7 Å². The number of carbonyl (C=O) groups excluding carboxylic acids is 3. The highest BCUT2D eigenvalue weighted by molar-refractivity contribution is 6.04. The Hall–Kier alpha value is -2.24. The third-order valence-corrected chi connectivity index (χ3v) is 4.29. The third-order valence-electron chi connectivity index (χ3n) is 4.29. The molecule has 1 saturated heterocycles. The number of unbranched alkanes of at least 4 members (excludes halogenated alkanes) is 1. The van der Waals surface area contributed by atoms with Gasteiger partial charge in [-0.3, -0.25) is 24.3 Å². The summed E-state index contributed by atoms with van der Waals surface area (Å²) in [6.45, 7) is 2.86. The Labute approximate surface area is 129 Å². The second kappa shape index (κ2) is 5.87. The predicted molar refractivity (Wildman–Crippen MR) is 78.8 cm³/mol. The fourth-order valence-electron chi connectivity index (χ4n) is 3.06. The van der Waals surface area contributed by atoms with Gasteiger partial charge >= 0.3 is 0 Å². The average Bonchev–Trinajstić information content (AvgIpc) is 2.85. The van der Waals surface area contributed by atoms with E-state index in [1.807, 2.05) is 13.0 Å². The van der Waals surface area contributed by atoms with Gasteiger partial charge in [0.1, 0.15) is 11.7 Å². The van der Waals surface area contributed by atoms with Crippen LogP contribution in [0.5, 0.6) is 0 Å². The van der Waals surface area contributed by atoms with Crippen molar-refractivity contribution in [2.24, 2.45) is 0 Å². The molecule has 0 radical (unpaired) electrons. The van der Waals surface area contributed by atoms with Crippen LogP contribution in [0.4, 0.5) is 0 Å². The zero-order chi connectivity index (χ0) is 15.7. The zero-order valence-electron chi connectivity index (χ0n) is 12.6. The summed E-state index contributed by atoms with van der Waals surface area (Å²) >= 11 is 0. The van der Waals surface area contributed by atoms with E-state index in [1.54, 1.807) is 17.2 Å². The van der Waals surface area contributed by atoms with Gasteiger partial charge in [-0.15, -0.1) is 0 Å². The van der Waals surface area contributed by atoms with E-state index in [2.05, 4.69) is 4.98 Å². The van der Waals surface area contributed by atoms with Gasteiger partial charge in [0, 0.05) is 31.3 Å². The molecule has 0 spiro atoms. The molecule has 22 heavy (non-hydrogen) atoms. The highest BCUT2D eigenvalue weighted by atomic mass is 16.2. The lowest BCUT2D eigenvalue weighted by Gasteiger charge is -2.35. The zero-order valence-corrected chi connectivity index (χ0v) is 12.6. The number of pyridine rings is 1. The second-order valence-electron chi connectivity index (χ2n) is 5.74. The van der Waals surface area contributed by atoms with Crippen LogP contribution in [0.25, 0.3) is 0 Å². The van der Waals surface area contributed by atoms with Crippen molar-refractivity contribution in [3.63, 3.8) is 0 Å². The van der Waals surface area contributed by atoms with Crippen molar-refractivity contribution >= 4 is 17.7 Å². The first-order valence-electron chi connectivity index (χ1n) is 7.72. The SMILES string of the molecule is CCCCN1C(=O)CCC(N2Cc3cccnc3C2=O)C1=O. The number of piperidine rings is 1. The van der Waals surface area contributed by atoms with Gasteiger partial charge < -0.3 is 4.90 Å². The highest BCUT2D eigenvalue weighted by Gasteiger charge is 2.42. The number of amides is 3. The minimum atomic E-state index is -0.545. The van der Waals surface area contributed by atoms with E-state index in [9.17, 15) is 14.4 Å². The van der Waals surface area contributed by atoms with Crippen LogP contribution in [-0.4, -0.2) is 45.1 Å². The number of carbonyl (C=O) groups is 3. The van der Waals surface area contributed by atoms with E-state index in [0.717, 1.165) is 18.4 Å². The molecular formula is C16H19N3O3. The number of imide groups is 1. The predicted octanol–water partition coefficient (Wildman–Crippen LogP) is 1.36. The third kappa shape index (κ3) is 2.38. The first-order chi connectivity index (χ1) is 10.6. The molecule has 0 aromatic carbocycles. The minimum Gasteiger partial charge on any atom is -0.321 e. The molecule has 2 aliphatic heterocycles. The highest BCUT2D eigenvalue weighted by Crippen LogP contribution is 2.27. The molecule has 1 fully saturated rings. The molecule has 3 rings (SSSR count). The topological polar surface area (TPSA) is 70.6 Å². The maximum atomic E-state index is 12.6. The number of aromatic nitrogens is 1. The van der Waals surface area contributed by atoms with Crippen LogP contribution in [0, 0.1) is 0 Å². The molecule has 0 N–H and O–H groups in total. The van der Waals surface area contributed by atoms with Crippen LogP contribution in [-0.2, 0) is 16.1 Å². The van der Waals surface area contributed by atoms with Crippen LogP contribution in [0.3, 0.4) is 0 Å². The molecule has 0 bridgehead atoms. The van der Waals surface area contributed by atoms with E-state index >= 15 is 0 Å². The Bertz CT molecular complexity index is 629. The van der Waals surface area contributed by atoms with E-state index < -0.39 is 6.04 Å². The molecule has 2 aliphatic rings. The van der Waals surface area contributed by atoms with Crippen molar-refractivity contribution in [1.82, 2.24) is 14.8 Å². The largest absolute Gasteiger partial charge is 0.321 e. The lowest BCUT2D eigenvalue weighted by molar-refractivity contribution is -0.152. The number of hydrogen-bond donors (Lipinski definition) is 0. The lowest BCUT2D eigenvalue weighted by Crippen LogP contribution is -2.54. The summed E-state index contributed by atoms with van der Waals surface area (Å²) < 4.78 is 0. The standard InChI is InChI=1S/C16H19N3O3/c1-2-3-9-18-13(20)7-6-12(15(18)21)19-10-11-5-4-8-17-14(11)16(19)22/h4-5,8,12H,2-3,6-7,9-10H2,1H3. The number of rotatable bonds is 4. The summed E-state index contributed by atoms with van der Waals surface area (Å²) in [7, 11) is 0. The smallest absolute Gasteiger partial charge is 0.273 e. The Morgan fingerprint density at radius 3 is 2.86 bits per heavy atom. The summed E-state index contributed by atoms with van der Waals surface area (Å²) in [6.07, 6.45) is 4.01. The number of fused-ring (bicyclic) bond motifs is 1. The van der Waals surface area contributed by atoms with Gasteiger partial charge in [-0.25, -0.2) is 0 Å². The molecular weight excluding hydrogens is 282 g/mol. The average molecular weight is 301 g/mol. The number of nitrogens with zero attached hydrogens (tertiary/aromatic N) is 3. The molecule has 0 aliphatic carbocycles. The van der Waals surface area contributed by atoms with Crippen molar-refractivity contribution in [2.45, 2.75) is 45.2 Å². The van der Waals surface area contributed by atoms with Gasteiger partial charge in [0.05, 0.1) is 0 Å². The van der Waals surface area contributed by atoms with Gasteiger partial charge in [0.2, 0.25) is 5.91 Å². The van der Waals surface area contributed by atoms with Crippen LogP contribution >= 0.6 is 0 Å². The van der Waals surface area contributed by atoms with Crippen molar-refractivity contribution in [2.75, 3.05) is 6.54 Å². The second-order valence-corrected chi connectivity index (χ2v) is 5.74. The van der Waals surface area contributed by atoms with E-state index in [1.165, 1.54) is 4.90 Å². The fraction of sp³-hybridized carbons (Fsp3) is 0.500. The molecule has 3 amide bonds. The van der Waals surface area contributed by atoms with Gasteiger partial charge in [0.15, 0.2) is 0 Å². The normalized spacial score (nSPS) is 21.5. The summed E-state index contributed by atoms with van der Waals surface area (Å²) in [5, 5.41) is 0. The molecule has 1 unspecified atom stereocenters. The Morgan fingerprint density at radius 1 is 1.32 bits per heavy atom. The summed E-state index contributed by atoms with van der Waals surface area (Å²) in [5.41, 5.74) is 1.27. The maximum absolute atomic E-state index is 12.6. The van der Waals surface area contributed by atoms with Crippen LogP contribution in [0.2, 0.25) is 0 Å². The summed E-state index contributed by atoms with van der Waals surface area (Å²) in [6, 6.07) is 3.10. The van der Waals surface area contributed by atoms with Crippen molar-refractivity contribution < 1.29 is 14.4 Å². The molecule has 0 saturated carbocycles. The molecule has 6 heteroatoms. The molecule has 116 valence electrons. The van der Waals surface area contributed by atoms with E-state index in [4.69, 9.17) is 0 Å². The van der Waals surface area contributed by atoms with Crippen LogP contribution in [0.1, 0.15) is 48.7 Å². The van der Waals surface area contributed by atoms with Gasteiger partial charge in [-0.1, -0.05) is 19.4 Å². The molecule has 1 aromatic heterocycles. The number of hydrogen-bond acceptors (Lipinski definition) is 4. The van der Waals surface area contributed by atoms with Crippen LogP contribution < -0.4 is 0 Å². The van der Waals surface area contributed by atoms with E-state index in [0.29, 0.717) is 31.6 Å². The monoisotopic (exact) mass is 301 g/mol. The van der Waals surface area contributed by atoms with Gasteiger partial charge in [0.25, 0.3) is 11.8 Å². The fourth-order valence-corrected chi connectivity index (χ4v) is 3.06. The van der Waals surface area contributed by atoms with Gasteiger partial charge in [-0.2, -0.15) is 0 Å². The van der Waals surface area contributed by atoms with Crippen molar-refractivity contribution in [3.8, 4) is 0 Å². The van der Waals surface area contributed by atoms with Crippen molar-refractivity contribution in [1.29, 1.82) is 0 Å². The first-order valence-corrected chi connectivity index (χ1v) is 7.72. The quantitative estimate of drug-likeness (QED) is 0.787. The lowest BCUT2D eigenvalue weighted by atomic mass is 10.0. The Balaban J connectivity index is 1.80. The van der Waals surface area contributed by atoms with Gasteiger partial charge in [-0.05, 0) is 18.9 Å². The summed E-state index contributed by atoms with van der Waals surface area (Å²) in [5.74, 6) is -0.582. The first kappa shape index (κ1) is 14.7. The Kier molecular flexibility index (Phi) is 3.92. The van der Waals surface area contributed by atoms with Crippen molar-refractivity contribution in [3.05, 3.63) is 29.6 Å².